The van der Waals surface area contributed by atoms with Crippen molar-refractivity contribution in [2.24, 2.45) is 0 Å². The molecule has 0 aliphatic rings. The zero-order valence-corrected chi connectivity index (χ0v) is 12.9. The summed E-state index contributed by atoms with van der Waals surface area (Å²) in [6, 6.07) is 3.65. The van der Waals surface area contributed by atoms with E-state index in [9.17, 15) is 8.42 Å². The van der Waals surface area contributed by atoms with E-state index in [-0.39, 0.29) is 11.6 Å². The number of pyridine rings is 1. The van der Waals surface area contributed by atoms with Gasteiger partial charge in [0.1, 0.15) is 0 Å². The van der Waals surface area contributed by atoms with E-state index in [2.05, 4.69) is 16.2 Å². The van der Waals surface area contributed by atoms with Gasteiger partial charge in [-0.3, -0.25) is 0 Å². The van der Waals surface area contributed by atoms with Gasteiger partial charge in [-0.1, -0.05) is 32.8 Å². The fourth-order valence-electron chi connectivity index (χ4n) is 1.59. The number of nitrogens with zero attached hydrogens (tertiary/aromatic N) is 2. The van der Waals surface area contributed by atoms with Crippen molar-refractivity contribution in [3.63, 3.8) is 0 Å². The largest absolute Gasteiger partial charge is 0.310 e. The van der Waals surface area contributed by atoms with Gasteiger partial charge in [-0.25, -0.2) is 13.4 Å². The van der Waals surface area contributed by atoms with Crippen molar-refractivity contribution in [3.8, 4) is 12.3 Å². The molecule has 20 heavy (non-hydrogen) atoms. The van der Waals surface area contributed by atoms with Crippen molar-refractivity contribution in [2.45, 2.75) is 38.4 Å². The Kier molecular flexibility index (Phi) is 6.14. The monoisotopic (exact) mass is 295 g/mol. The van der Waals surface area contributed by atoms with Crippen LogP contribution in [0.3, 0.4) is 0 Å². The molecule has 0 aromatic carbocycles. The number of aromatic nitrogens is 1. The SMILES string of the molecule is C#CCN(CC)S(=O)(=O)c1ccc(CNC(C)C)cn1. The highest BCUT2D eigenvalue weighted by molar-refractivity contribution is 7.89. The number of hydrogen-bond donors (Lipinski definition) is 1. The molecule has 6 heteroatoms. The summed E-state index contributed by atoms with van der Waals surface area (Å²) >= 11 is 0. The molecule has 0 saturated heterocycles. The van der Waals surface area contributed by atoms with E-state index >= 15 is 0 Å². The lowest BCUT2D eigenvalue weighted by Gasteiger charge is -2.17. The van der Waals surface area contributed by atoms with Crippen molar-refractivity contribution in [3.05, 3.63) is 23.9 Å². The standard InChI is InChI=1S/C14H21N3O2S/c1-5-9-17(6-2)20(18,19)14-8-7-13(11-16-14)10-15-12(3)4/h1,7-8,11-12,15H,6,9-10H2,2-4H3. The van der Waals surface area contributed by atoms with Gasteiger partial charge in [-0.15, -0.1) is 6.42 Å². The molecule has 1 N–H and O–H groups in total. The summed E-state index contributed by atoms with van der Waals surface area (Å²) in [7, 11) is -3.60. The highest BCUT2D eigenvalue weighted by Crippen LogP contribution is 2.13. The smallest absolute Gasteiger partial charge is 0.261 e. The molecule has 0 aliphatic carbocycles. The van der Waals surface area contributed by atoms with Crippen LogP contribution in [-0.4, -0.2) is 36.8 Å². The molecule has 0 spiro atoms. The van der Waals surface area contributed by atoms with Crippen LogP contribution in [-0.2, 0) is 16.6 Å². The lowest BCUT2D eigenvalue weighted by molar-refractivity contribution is 0.461. The van der Waals surface area contributed by atoms with Crippen molar-refractivity contribution in [1.82, 2.24) is 14.6 Å². The quantitative estimate of drug-likeness (QED) is 0.768. The van der Waals surface area contributed by atoms with Gasteiger partial charge >= 0.3 is 0 Å². The number of sulfonamides is 1. The predicted octanol–water partition coefficient (Wildman–Crippen LogP) is 1.22. The summed E-state index contributed by atoms with van der Waals surface area (Å²) in [6.45, 7) is 6.88. The van der Waals surface area contributed by atoms with E-state index in [1.54, 1.807) is 19.2 Å². The van der Waals surface area contributed by atoms with Gasteiger partial charge in [-0.2, -0.15) is 4.31 Å². The van der Waals surface area contributed by atoms with Crippen LogP contribution in [0.1, 0.15) is 26.3 Å². The first-order valence-corrected chi connectivity index (χ1v) is 7.97. The van der Waals surface area contributed by atoms with Crippen molar-refractivity contribution in [2.75, 3.05) is 13.1 Å². The van der Waals surface area contributed by atoms with Gasteiger partial charge in [0.2, 0.25) is 0 Å². The molecule has 5 nitrogen and oxygen atoms in total. The van der Waals surface area contributed by atoms with Gasteiger partial charge in [-0.05, 0) is 11.6 Å². The molecule has 0 bridgehead atoms. The van der Waals surface area contributed by atoms with E-state index in [4.69, 9.17) is 6.42 Å². The maximum Gasteiger partial charge on any atom is 0.261 e. The Morgan fingerprint density at radius 2 is 2.15 bits per heavy atom. The lowest BCUT2D eigenvalue weighted by atomic mass is 10.2. The third-order valence-corrected chi connectivity index (χ3v) is 4.57. The zero-order chi connectivity index (χ0) is 15.2. The Bertz CT molecular complexity index is 559. The molecule has 1 aromatic heterocycles. The predicted molar refractivity (Wildman–Crippen MR) is 79.5 cm³/mol. The molecule has 110 valence electrons. The van der Waals surface area contributed by atoms with Gasteiger partial charge in [0.25, 0.3) is 10.0 Å². The van der Waals surface area contributed by atoms with E-state index in [0.29, 0.717) is 19.1 Å². The van der Waals surface area contributed by atoms with E-state index < -0.39 is 10.0 Å². The fraction of sp³-hybridized carbons (Fsp3) is 0.500. The second kappa shape index (κ2) is 7.39. The Morgan fingerprint density at radius 1 is 1.45 bits per heavy atom. The molecule has 1 heterocycles. The normalized spacial score (nSPS) is 11.8. The van der Waals surface area contributed by atoms with Crippen molar-refractivity contribution in [1.29, 1.82) is 0 Å². The van der Waals surface area contributed by atoms with E-state index in [1.807, 2.05) is 13.8 Å². The third-order valence-electron chi connectivity index (χ3n) is 2.74. The molecule has 1 rings (SSSR count). The molecule has 0 saturated carbocycles. The maximum absolute atomic E-state index is 12.3. The second-order valence-corrected chi connectivity index (χ2v) is 6.56. The summed E-state index contributed by atoms with van der Waals surface area (Å²) in [5, 5.41) is 3.28. The molecular formula is C14H21N3O2S. The average molecular weight is 295 g/mol. The summed E-state index contributed by atoms with van der Waals surface area (Å²) in [6.07, 6.45) is 6.76. The minimum atomic E-state index is -3.60. The lowest BCUT2D eigenvalue weighted by Crippen LogP contribution is -2.31. The first kappa shape index (κ1) is 16.6. The van der Waals surface area contributed by atoms with E-state index in [0.717, 1.165) is 5.56 Å². The highest BCUT2D eigenvalue weighted by atomic mass is 32.2. The van der Waals surface area contributed by atoms with Crippen LogP contribution in [0.4, 0.5) is 0 Å². The van der Waals surface area contributed by atoms with E-state index in [1.165, 1.54) is 10.4 Å². The van der Waals surface area contributed by atoms with Gasteiger partial charge < -0.3 is 5.32 Å². The van der Waals surface area contributed by atoms with Gasteiger partial charge in [0.15, 0.2) is 5.03 Å². The number of rotatable bonds is 7. The van der Waals surface area contributed by atoms with Crippen LogP contribution < -0.4 is 5.32 Å². The fourth-order valence-corrected chi connectivity index (χ4v) is 2.87. The van der Waals surface area contributed by atoms with Crippen LogP contribution in [0, 0.1) is 12.3 Å². The van der Waals surface area contributed by atoms with Crippen LogP contribution in [0.15, 0.2) is 23.4 Å². The van der Waals surface area contributed by atoms with Crippen LogP contribution in [0.2, 0.25) is 0 Å². The molecule has 0 amide bonds. The summed E-state index contributed by atoms with van der Waals surface area (Å²) in [5.41, 5.74) is 0.942. The zero-order valence-electron chi connectivity index (χ0n) is 12.1. The maximum atomic E-state index is 12.3. The molecule has 1 aromatic rings. The molecule has 0 fully saturated rings. The topological polar surface area (TPSA) is 62.3 Å². The average Bonchev–Trinajstić information content (AvgIpc) is 2.42. The van der Waals surface area contributed by atoms with Crippen LogP contribution in [0.25, 0.3) is 0 Å². The van der Waals surface area contributed by atoms with Crippen LogP contribution in [0.5, 0.6) is 0 Å². The Labute approximate surface area is 121 Å². The first-order valence-electron chi connectivity index (χ1n) is 6.53. The molecule has 0 unspecified atom stereocenters. The summed E-state index contributed by atoms with van der Waals surface area (Å²) < 4.78 is 25.8. The van der Waals surface area contributed by atoms with Crippen molar-refractivity contribution >= 4 is 10.0 Å². The van der Waals surface area contributed by atoms with Gasteiger partial charge in [0, 0.05) is 25.3 Å². The molecular weight excluding hydrogens is 274 g/mol. The third kappa shape index (κ3) is 4.30. The highest BCUT2D eigenvalue weighted by Gasteiger charge is 2.23. The minimum Gasteiger partial charge on any atom is -0.310 e. The van der Waals surface area contributed by atoms with Gasteiger partial charge in [0.05, 0.1) is 6.54 Å². The minimum absolute atomic E-state index is 0.0305. The molecule has 0 radical (unpaired) electrons. The Morgan fingerprint density at radius 3 is 2.60 bits per heavy atom. The molecule has 0 aliphatic heterocycles. The number of nitrogens with one attached hydrogen (secondary N) is 1. The Hall–Kier alpha value is -1.42. The summed E-state index contributed by atoms with van der Waals surface area (Å²) in [5.74, 6) is 2.35. The van der Waals surface area contributed by atoms with Crippen LogP contribution >= 0.6 is 0 Å². The van der Waals surface area contributed by atoms with Crippen molar-refractivity contribution < 1.29 is 8.42 Å². The number of terminal acetylenes is 1. The summed E-state index contributed by atoms with van der Waals surface area (Å²) in [4.78, 5) is 4.04. The number of hydrogen-bond acceptors (Lipinski definition) is 4. The second-order valence-electron chi connectivity index (χ2n) is 4.68. The Balaban J connectivity index is 2.89. The first-order chi connectivity index (χ1) is 9.41. The molecule has 0 atom stereocenters.